The third-order valence-corrected chi connectivity index (χ3v) is 5.59. The number of hydrogen-bond donors (Lipinski definition) is 2. The summed E-state index contributed by atoms with van der Waals surface area (Å²) in [6.45, 7) is 1.79. The van der Waals surface area contributed by atoms with E-state index < -0.39 is 23.5 Å². The van der Waals surface area contributed by atoms with Gasteiger partial charge in [0.1, 0.15) is 17.3 Å². The number of amides is 1. The second-order valence-corrected chi connectivity index (χ2v) is 7.83. The van der Waals surface area contributed by atoms with Crippen LogP contribution in [0, 0.1) is 6.92 Å². The van der Waals surface area contributed by atoms with Crippen LogP contribution in [0.25, 0.3) is 5.76 Å². The Labute approximate surface area is 189 Å². The molecule has 4 rings (SSSR count). The second kappa shape index (κ2) is 8.40. The highest BCUT2D eigenvalue weighted by Crippen LogP contribution is 2.44. The van der Waals surface area contributed by atoms with Crippen molar-refractivity contribution in [2.75, 3.05) is 12.0 Å². The number of carbonyl (C=O) groups is 2. The molecule has 3 aromatic carbocycles. The minimum atomic E-state index is -0.964. The van der Waals surface area contributed by atoms with Gasteiger partial charge >= 0.3 is 0 Å². The number of carbonyl (C=O) groups excluding carboxylic acids is 2. The molecule has 0 radical (unpaired) electrons. The predicted molar refractivity (Wildman–Crippen MR) is 122 cm³/mol. The average molecular weight is 450 g/mol. The fraction of sp³-hybridized carbons (Fsp3) is 0.120. The minimum Gasteiger partial charge on any atom is -0.508 e. The molecule has 1 saturated heterocycles. The van der Waals surface area contributed by atoms with Gasteiger partial charge in [-0.25, -0.2) is 0 Å². The van der Waals surface area contributed by atoms with E-state index >= 15 is 0 Å². The minimum absolute atomic E-state index is 0.0303. The molecule has 6 nitrogen and oxygen atoms in total. The maximum absolute atomic E-state index is 13.2. The Bertz CT molecular complexity index is 1250. The lowest BCUT2D eigenvalue weighted by molar-refractivity contribution is -0.132. The summed E-state index contributed by atoms with van der Waals surface area (Å²) in [4.78, 5) is 27.6. The van der Waals surface area contributed by atoms with Crippen LogP contribution in [0.2, 0.25) is 5.02 Å². The van der Waals surface area contributed by atoms with Crippen molar-refractivity contribution in [1.82, 2.24) is 0 Å². The lowest BCUT2D eigenvalue weighted by Crippen LogP contribution is -2.29. The van der Waals surface area contributed by atoms with Crippen molar-refractivity contribution in [3.63, 3.8) is 0 Å². The summed E-state index contributed by atoms with van der Waals surface area (Å²) in [5, 5.41) is 21.6. The molecular weight excluding hydrogens is 430 g/mol. The Balaban J connectivity index is 2.02. The number of anilines is 1. The number of methoxy groups -OCH3 is 1. The molecule has 1 unspecified atom stereocenters. The predicted octanol–water partition coefficient (Wildman–Crippen LogP) is 4.99. The summed E-state index contributed by atoms with van der Waals surface area (Å²) >= 11 is 6.30. The van der Waals surface area contributed by atoms with Crippen molar-refractivity contribution < 1.29 is 24.5 Å². The fourth-order valence-electron chi connectivity index (χ4n) is 3.96. The highest BCUT2D eigenvalue weighted by molar-refractivity contribution is 6.51. The molecule has 1 atom stereocenters. The summed E-state index contributed by atoms with van der Waals surface area (Å²) in [5.74, 6) is -1.88. The number of phenols is 1. The van der Waals surface area contributed by atoms with Crippen LogP contribution in [0.1, 0.15) is 22.7 Å². The Hall–Kier alpha value is -3.77. The summed E-state index contributed by atoms with van der Waals surface area (Å²) in [6, 6.07) is 17.3. The number of halogens is 1. The van der Waals surface area contributed by atoms with E-state index in [4.69, 9.17) is 16.3 Å². The van der Waals surface area contributed by atoms with Gasteiger partial charge < -0.3 is 14.9 Å². The van der Waals surface area contributed by atoms with Crippen molar-refractivity contribution in [2.24, 2.45) is 0 Å². The zero-order chi connectivity index (χ0) is 23.0. The zero-order valence-corrected chi connectivity index (χ0v) is 18.1. The van der Waals surface area contributed by atoms with Crippen LogP contribution in [-0.2, 0) is 9.59 Å². The number of para-hydroxylation sites is 1. The summed E-state index contributed by atoms with van der Waals surface area (Å²) < 4.78 is 5.37. The van der Waals surface area contributed by atoms with Gasteiger partial charge in [0.25, 0.3) is 11.7 Å². The standard InChI is InChI=1S/C25H20ClNO5/c1-14-11-18(24(32-2)19(26)12-14)22(29)20-21(15-7-6-10-17(28)13-15)27(25(31)23(20)30)16-8-4-3-5-9-16/h3-13,21,28-29H,1-2H3/b22-20+. The molecule has 1 aliphatic rings. The number of aliphatic hydroxyl groups excluding tert-OH is 1. The Morgan fingerprint density at radius 2 is 1.75 bits per heavy atom. The number of aryl methyl sites for hydroxylation is 1. The maximum atomic E-state index is 13.2. The van der Waals surface area contributed by atoms with Crippen molar-refractivity contribution in [3.8, 4) is 11.5 Å². The quantitative estimate of drug-likeness (QED) is 0.333. The van der Waals surface area contributed by atoms with E-state index in [9.17, 15) is 19.8 Å². The van der Waals surface area contributed by atoms with Crippen LogP contribution in [0.15, 0.2) is 72.3 Å². The van der Waals surface area contributed by atoms with Crippen molar-refractivity contribution >= 4 is 34.7 Å². The lowest BCUT2D eigenvalue weighted by Gasteiger charge is -2.25. The molecule has 0 saturated carbocycles. The van der Waals surface area contributed by atoms with E-state index in [2.05, 4.69) is 0 Å². The molecule has 1 aliphatic heterocycles. The van der Waals surface area contributed by atoms with Gasteiger partial charge in [-0.05, 0) is 54.4 Å². The molecular formula is C25H20ClNO5. The molecule has 162 valence electrons. The Morgan fingerprint density at radius 1 is 1.03 bits per heavy atom. The number of phenolic OH excluding ortho intramolecular Hbond substituents is 1. The monoisotopic (exact) mass is 449 g/mol. The Morgan fingerprint density at radius 3 is 2.41 bits per heavy atom. The molecule has 1 amide bonds. The summed E-state index contributed by atoms with van der Waals surface area (Å²) in [5.41, 5.74) is 1.77. The van der Waals surface area contributed by atoms with E-state index in [1.165, 1.54) is 24.1 Å². The highest BCUT2D eigenvalue weighted by Gasteiger charge is 2.47. The first-order valence-electron chi connectivity index (χ1n) is 9.83. The first-order valence-corrected chi connectivity index (χ1v) is 10.2. The van der Waals surface area contributed by atoms with Crippen molar-refractivity contribution in [1.29, 1.82) is 0 Å². The SMILES string of the molecule is COc1c(Cl)cc(C)cc1/C(O)=C1\C(=O)C(=O)N(c2ccccc2)C1c1cccc(O)c1. The number of nitrogens with zero attached hydrogens (tertiary/aromatic N) is 1. The van der Waals surface area contributed by atoms with Crippen LogP contribution in [-0.4, -0.2) is 29.0 Å². The van der Waals surface area contributed by atoms with Gasteiger partial charge in [0.15, 0.2) is 0 Å². The molecule has 0 aromatic heterocycles. The number of rotatable bonds is 4. The number of Topliss-reactive ketones (excluding diaryl/α,β-unsaturated/α-hetero) is 1. The third kappa shape index (κ3) is 3.59. The molecule has 0 bridgehead atoms. The highest BCUT2D eigenvalue weighted by atomic mass is 35.5. The van der Waals surface area contributed by atoms with Gasteiger partial charge in [0.05, 0.1) is 29.3 Å². The molecule has 3 aromatic rings. The molecule has 7 heteroatoms. The smallest absolute Gasteiger partial charge is 0.300 e. The van der Waals surface area contributed by atoms with Gasteiger partial charge in [-0.1, -0.05) is 41.9 Å². The van der Waals surface area contributed by atoms with E-state index in [0.717, 1.165) is 5.56 Å². The van der Waals surface area contributed by atoms with Gasteiger partial charge in [0, 0.05) is 5.69 Å². The van der Waals surface area contributed by atoms with Crippen LogP contribution >= 0.6 is 11.6 Å². The van der Waals surface area contributed by atoms with Crippen LogP contribution in [0.4, 0.5) is 5.69 Å². The number of aromatic hydroxyl groups is 1. The van der Waals surface area contributed by atoms with Crippen LogP contribution in [0.3, 0.4) is 0 Å². The van der Waals surface area contributed by atoms with E-state index in [1.54, 1.807) is 61.5 Å². The van der Waals surface area contributed by atoms with Crippen LogP contribution < -0.4 is 9.64 Å². The number of benzene rings is 3. The molecule has 0 spiro atoms. The lowest BCUT2D eigenvalue weighted by atomic mass is 9.94. The number of ether oxygens (including phenoxy) is 1. The van der Waals surface area contributed by atoms with Crippen molar-refractivity contribution in [3.05, 3.63) is 94.0 Å². The maximum Gasteiger partial charge on any atom is 0.300 e. The molecule has 1 heterocycles. The van der Waals surface area contributed by atoms with Gasteiger partial charge in [-0.15, -0.1) is 0 Å². The molecule has 32 heavy (non-hydrogen) atoms. The fourth-order valence-corrected chi connectivity index (χ4v) is 4.31. The Kier molecular flexibility index (Phi) is 5.63. The van der Waals surface area contributed by atoms with E-state index in [-0.39, 0.29) is 27.7 Å². The molecule has 1 fully saturated rings. The summed E-state index contributed by atoms with van der Waals surface area (Å²) in [6.07, 6.45) is 0. The average Bonchev–Trinajstić information content (AvgIpc) is 3.04. The second-order valence-electron chi connectivity index (χ2n) is 7.43. The number of aliphatic hydroxyl groups is 1. The first kappa shape index (κ1) is 21.5. The van der Waals surface area contributed by atoms with Gasteiger partial charge in [-0.2, -0.15) is 0 Å². The topological polar surface area (TPSA) is 87.1 Å². The molecule has 0 aliphatic carbocycles. The van der Waals surface area contributed by atoms with Crippen LogP contribution in [0.5, 0.6) is 11.5 Å². The van der Waals surface area contributed by atoms with E-state index in [1.807, 2.05) is 0 Å². The van der Waals surface area contributed by atoms with E-state index in [0.29, 0.717) is 11.3 Å². The normalized spacial score (nSPS) is 17.6. The van der Waals surface area contributed by atoms with Gasteiger partial charge in [-0.3, -0.25) is 14.5 Å². The first-order chi connectivity index (χ1) is 15.3. The summed E-state index contributed by atoms with van der Waals surface area (Å²) in [7, 11) is 1.41. The zero-order valence-electron chi connectivity index (χ0n) is 17.4. The van der Waals surface area contributed by atoms with Crippen molar-refractivity contribution in [2.45, 2.75) is 13.0 Å². The number of hydrogen-bond acceptors (Lipinski definition) is 5. The number of ketones is 1. The van der Waals surface area contributed by atoms with Gasteiger partial charge in [0.2, 0.25) is 0 Å². The third-order valence-electron chi connectivity index (χ3n) is 5.31. The largest absolute Gasteiger partial charge is 0.508 e. The molecule has 2 N–H and O–H groups in total.